The normalized spacial score (nSPS) is 24.6. The molecule has 16 heteroatoms. The van der Waals surface area contributed by atoms with E-state index in [1.54, 1.807) is 54.6 Å². The summed E-state index contributed by atoms with van der Waals surface area (Å²) in [5, 5.41) is 23.0. The van der Waals surface area contributed by atoms with Crippen molar-refractivity contribution < 1.29 is 76.8 Å². The van der Waals surface area contributed by atoms with Crippen LogP contribution in [0.4, 0.5) is 0 Å². The van der Waals surface area contributed by atoms with Gasteiger partial charge in [0.15, 0.2) is 30.9 Å². The van der Waals surface area contributed by atoms with Crippen LogP contribution in [0.25, 0.3) is 0 Å². The van der Waals surface area contributed by atoms with Crippen molar-refractivity contribution in [2.24, 2.45) is 0 Å². The second-order valence-electron chi connectivity index (χ2n) is 15.9. The van der Waals surface area contributed by atoms with E-state index >= 15 is 0 Å². The summed E-state index contributed by atoms with van der Waals surface area (Å²) in [5.74, 6) is -3.00. The average molecular weight is 935 g/mol. The minimum Gasteiger partial charge on any atom is -0.469 e. The summed E-state index contributed by atoms with van der Waals surface area (Å²) in [4.78, 5) is 53.5. The molecule has 16 nitrogen and oxygen atoms in total. The fraction of sp³-hybridized carbons (Fsp3) is 0.346. The Bertz CT molecular complexity index is 2320. The van der Waals surface area contributed by atoms with E-state index in [0.717, 1.165) is 11.1 Å². The van der Waals surface area contributed by atoms with Gasteiger partial charge in [-0.05, 0) is 53.9 Å². The maximum Gasteiger partial charge on any atom is 0.338 e. The van der Waals surface area contributed by atoms with Crippen molar-refractivity contribution >= 4 is 23.9 Å². The highest BCUT2D eigenvalue weighted by Crippen LogP contribution is 2.34. The van der Waals surface area contributed by atoms with Crippen LogP contribution in [0.2, 0.25) is 0 Å². The van der Waals surface area contributed by atoms with Crippen LogP contribution >= 0.6 is 0 Å². The minimum atomic E-state index is -1.66. The zero-order valence-corrected chi connectivity index (χ0v) is 37.3. The van der Waals surface area contributed by atoms with E-state index in [9.17, 15) is 29.4 Å². The van der Waals surface area contributed by atoms with Crippen LogP contribution in [-0.4, -0.2) is 122 Å². The summed E-state index contributed by atoms with van der Waals surface area (Å²) >= 11 is 0. The van der Waals surface area contributed by atoms with E-state index in [1.807, 2.05) is 60.7 Å². The number of aliphatic hydroxyl groups excluding tert-OH is 2. The Balaban J connectivity index is 1.21. The minimum absolute atomic E-state index is 0.0137. The molecule has 2 aliphatic heterocycles. The van der Waals surface area contributed by atoms with Crippen molar-refractivity contribution in [2.75, 3.05) is 26.9 Å². The third-order valence-electron chi connectivity index (χ3n) is 11.2. The monoisotopic (exact) mass is 934 g/mol. The predicted molar refractivity (Wildman–Crippen MR) is 241 cm³/mol. The largest absolute Gasteiger partial charge is 0.469 e. The van der Waals surface area contributed by atoms with E-state index in [-0.39, 0.29) is 49.4 Å². The van der Waals surface area contributed by atoms with Gasteiger partial charge in [0, 0.05) is 6.42 Å². The van der Waals surface area contributed by atoms with Crippen LogP contribution in [0.3, 0.4) is 0 Å². The van der Waals surface area contributed by atoms with Gasteiger partial charge < -0.3 is 57.6 Å². The van der Waals surface area contributed by atoms with Gasteiger partial charge in [-0.3, -0.25) is 4.79 Å². The molecule has 68 heavy (non-hydrogen) atoms. The molecular formula is C52H54O16. The van der Waals surface area contributed by atoms with Gasteiger partial charge in [0.05, 0.1) is 56.8 Å². The first-order valence-electron chi connectivity index (χ1n) is 22.2. The van der Waals surface area contributed by atoms with Gasteiger partial charge in [-0.15, -0.1) is 0 Å². The van der Waals surface area contributed by atoms with Gasteiger partial charge >= 0.3 is 23.9 Å². The van der Waals surface area contributed by atoms with Crippen molar-refractivity contribution in [3.8, 4) is 0 Å². The van der Waals surface area contributed by atoms with Gasteiger partial charge in [-0.1, -0.05) is 115 Å². The van der Waals surface area contributed by atoms with E-state index in [2.05, 4.69) is 0 Å². The number of rotatable bonds is 21. The number of hydrogen-bond acceptors (Lipinski definition) is 16. The van der Waals surface area contributed by atoms with Crippen molar-refractivity contribution in [3.05, 3.63) is 179 Å². The van der Waals surface area contributed by atoms with Gasteiger partial charge in [-0.2, -0.15) is 0 Å². The lowest BCUT2D eigenvalue weighted by Gasteiger charge is -2.46. The summed E-state index contributed by atoms with van der Waals surface area (Å²) in [7, 11) is 1.29. The van der Waals surface area contributed by atoms with Crippen LogP contribution in [-0.2, 0) is 65.4 Å². The zero-order valence-electron chi connectivity index (χ0n) is 37.3. The molecule has 0 spiro atoms. The number of hydrogen-bond donors (Lipinski definition) is 2. The number of methoxy groups -OCH3 is 1. The highest BCUT2D eigenvalue weighted by Gasteiger charge is 2.54. The standard InChI is InChI=1S/C52H54O16/c1-59-41(54)28-17-29-60-51-45(62-32-35-20-9-3-10-21-35)42(55)43(61-31-34-18-7-2-8-19-34)40(65-51)33-63-52-47(68-50(58)38-26-15-6-16-27-38)46(67-49(57)37-24-13-5-14-25-37)44(39(30-53)64-52)66-48(56)36-22-11-4-12-23-36/h2-16,18-27,39-40,42-47,51-53,55H,17,28-33H2,1H3. The Hall–Kier alpha value is -6.34. The molecule has 0 radical (unpaired) electrons. The molecular weight excluding hydrogens is 881 g/mol. The lowest BCUT2D eigenvalue weighted by atomic mass is 9.97. The number of aliphatic hydroxyl groups is 2. The Kier molecular flexibility index (Phi) is 18.3. The molecule has 0 aromatic heterocycles. The number of esters is 4. The lowest BCUT2D eigenvalue weighted by Crippen LogP contribution is -2.64. The molecule has 358 valence electrons. The smallest absolute Gasteiger partial charge is 0.338 e. The summed E-state index contributed by atoms with van der Waals surface area (Å²) in [6.07, 6.45) is -13.6. The van der Waals surface area contributed by atoms with Crippen LogP contribution in [0.15, 0.2) is 152 Å². The van der Waals surface area contributed by atoms with Gasteiger partial charge in [-0.25, -0.2) is 14.4 Å². The van der Waals surface area contributed by atoms with Crippen LogP contribution in [0, 0.1) is 0 Å². The summed E-state index contributed by atoms with van der Waals surface area (Å²) in [6, 6.07) is 42.6. The van der Waals surface area contributed by atoms with Gasteiger partial charge in [0.2, 0.25) is 0 Å². The zero-order chi connectivity index (χ0) is 47.7. The average Bonchev–Trinajstić information content (AvgIpc) is 3.38. The first-order chi connectivity index (χ1) is 33.2. The number of carbonyl (C=O) groups is 4. The highest BCUT2D eigenvalue weighted by molar-refractivity contribution is 5.91. The maximum atomic E-state index is 13.9. The van der Waals surface area contributed by atoms with Crippen LogP contribution in [0.5, 0.6) is 0 Å². The molecule has 2 saturated heterocycles. The van der Waals surface area contributed by atoms with Crippen LogP contribution < -0.4 is 0 Å². The van der Waals surface area contributed by atoms with Crippen LogP contribution in [0.1, 0.15) is 55.0 Å². The third-order valence-corrected chi connectivity index (χ3v) is 11.2. The summed E-state index contributed by atoms with van der Waals surface area (Å²) < 4.78 is 61.1. The molecule has 0 bridgehead atoms. The number of benzene rings is 5. The molecule has 7 rings (SSSR count). The molecule has 2 N–H and O–H groups in total. The molecule has 10 atom stereocenters. The van der Waals surface area contributed by atoms with E-state index in [1.165, 1.54) is 43.5 Å². The first kappa shape index (κ1) is 49.6. The third kappa shape index (κ3) is 13.4. The topological polar surface area (TPSA) is 201 Å². The second-order valence-corrected chi connectivity index (χ2v) is 15.9. The fourth-order valence-corrected chi connectivity index (χ4v) is 7.65. The molecule has 5 aromatic rings. The Morgan fingerprint density at radius 2 is 0.926 bits per heavy atom. The Morgan fingerprint density at radius 1 is 0.500 bits per heavy atom. The molecule has 0 aliphatic carbocycles. The molecule has 0 amide bonds. The Labute approximate surface area is 393 Å². The molecule has 5 aromatic carbocycles. The molecule has 2 aliphatic rings. The van der Waals surface area contributed by atoms with Gasteiger partial charge in [0.25, 0.3) is 0 Å². The van der Waals surface area contributed by atoms with E-state index < -0.39 is 98.5 Å². The summed E-state index contributed by atoms with van der Waals surface area (Å²) in [5.41, 5.74) is 2.01. The second kappa shape index (κ2) is 25.1. The van der Waals surface area contributed by atoms with Crippen molar-refractivity contribution in [1.29, 1.82) is 0 Å². The molecule has 2 fully saturated rings. The van der Waals surface area contributed by atoms with Gasteiger partial charge in [0.1, 0.15) is 30.5 Å². The predicted octanol–water partition coefficient (Wildman–Crippen LogP) is 5.62. The van der Waals surface area contributed by atoms with Crippen molar-refractivity contribution in [3.63, 3.8) is 0 Å². The fourth-order valence-electron chi connectivity index (χ4n) is 7.65. The highest BCUT2D eigenvalue weighted by atomic mass is 16.8. The van der Waals surface area contributed by atoms with E-state index in [4.69, 9.17) is 47.4 Å². The lowest BCUT2D eigenvalue weighted by molar-refractivity contribution is -0.339. The van der Waals surface area contributed by atoms with Crippen molar-refractivity contribution in [2.45, 2.75) is 87.5 Å². The quantitative estimate of drug-likeness (QED) is 0.0521. The van der Waals surface area contributed by atoms with Crippen molar-refractivity contribution in [1.82, 2.24) is 0 Å². The molecule has 10 unspecified atom stereocenters. The maximum absolute atomic E-state index is 13.9. The summed E-state index contributed by atoms with van der Waals surface area (Å²) in [6.45, 7) is -1.09. The first-order valence-corrected chi connectivity index (χ1v) is 22.2. The molecule has 0 saturated carbocycles. The molecule has 2 heterocycles. The number of ether oxygens (including phenoxy) is 10. The van der Waals surface area contributed by atoms with E-state index in [0.29, 0.717) is 0 Å². The SMILES string of the molecule is COC(=O)CCCOC1OC(COC2OC(CO)C(OC(=O)c3ccccc3)C(OC(=O)c3ccccc3)C2OC(=O)c2ccccc2)C(OCc2ccccc2)C(O)C1OCc1ccccc1. The Morgan fingerprint density at radius 3 is 1.41 bits per heavy atom. The number of carbonyl (C=O) groups excluding carboxylic acids is 4.